The molecule has 0 aromatic rings. The number of carbonyl (C=O) groups is 3. The van der Waals surface area contributed by atoms with Crippen LogP contribution in [0.25, 0.3) is 0 Å². The molecule has 0 amide bonds. The fraction of sp³-hybridized carbons (Fsp3) is 0.720. The van der Waals surface area contributed by atoms with Crippen LogP contribution in [0, 0.1) is 34.5 Å². The standard InChI is InChI=1S/C21H26O5.C4H11N/c1-20-8-7-12(22)9-11(20)3-4-13-14-5-6-15(18(24)19(25)26)21(14,2)10-16(23)17(13)20;1-2-3-4-5/h7-9,13-17,23H,3-6,10H2,1-2H3,(H,25,26);2-5H2,1H3/t13-,14-,15+,16-,17+,20-,21-;/m0./s1. The topological polar surface area (TPSA) is 118 Å². The summed E-state index contributed by atoms with van der Waals surface area (Å²) in [5.74, 6) is -2.05. The van der Waals surface area contributed by atoms with Gasteiger partial charge in [0.05, 0.1) is 6.10 Å². The van der Waals surface area contributed by atoms with Gasteiger partial charge in [-0.25, -0.2) is 4.79 Å². The Bertz CT molecular complexity index is 800. The number of nitrogens with two attached hydrogens (primary N) is 1. The number of unbranched alkanes of at least 4 members (excludes halogenated alkanes) is 1. The van der Waals surface area contributed by atoms with Crippen LogP contribution in [0.1, 0.15) is 65.7 Å². The van der Waals surface area contributed by atoms with E-state index in [2.05, 4.69) is 13.8 Å². The average Bonchev–Trinajstić information content (AvgIpc) is 3.05. The molecular weight excluding hydrogens is 394 g/mol. The summed E-state index contributed by atoms with van der Waals surface area (Å²) in [5, 5.41) is 20.3. The molecule has 0 radical (unpaired) electrons. The van der Waals surface area contributed by atoms with E-state index >= 15 is 0 Å². The molecule has 0 unspecified atom stereocenters. The molecule has 31 heavy (non-hydrogen) atoms. The Labute approximate surface area is 185 Å². The highest BCUT2D eigenvalue weighted by molar-refractivity contribution is 6.33. The molecule has 4 aliphatic rings. The van der Waals surface area contributed by atoms with Gasteiger partial charge in [0, 0.05) is 17.3 Å². The summed E-state index contributed by atoms with van der Waals surface area (Å²) in [6.45, 7) is 7.09. The Balaban J connectivity index is 0.000000491. The first-order chi connectivity index (χ1) is 14.6. The van der Waals surface area contributed by atoms with E-state index in [1.165, 1.54) is 12.8 Å². The highest BCUT2D eigenvalue weighted by Gasteiger charge is 2.63. The van der Waals surface area contributed by atoms with Crippen LogP contribution >= 0.6 is 0 Å². The number of ketones is 2. The van der Waals surface area contributed by atoms with Crippen molar-refractivity contribution in [2.24, 2.45) is 40.2 Å². The molecule has 172 valence electrons. The third-order valence-corrected chi connectivity index (χ3v) is 8.58. The maximum Gasteiger partial charge on any atom is 0.372 e. The third-order valence-electron chi connectivity index (χ3n) is 8.58. The van der Waals surface area contributed by atoms with Gasteiger partial charge in [-0.3, -0.25) is 9.59 Å². The van der Waals surface area contributed by atoms with E-state index in [0.717, 1.165) is 31.4 Å². The highest BCUT2D eigenvalue weighted by Crippen LogP contribution is 2.66. The smallest absolute Gasteiger partial charge is 0.372 e. The maximum atomic E-state index is 12.3. The number of hydrogen-bond acceptors (Lipinski definition) is 5. The summed E-state index contributed by atoms with van der Waals surface area (Å²) in [6, 6.07) is 0. The van der Waals surface area contributed by atoms with Crippen molar-refractivity contribution >= 4 is 17.5 Å². The van der Waals surface area contributed by atoms with Crippen LogP contribution in [-0.2, 0) is 14.4 Å². The molecule has 0 aliphatic heterocycles. The van der Waals surface area contributed by atoms with Gasteiger partial charge in [-0.2, -0.15) is 0 Å². The lowest BCUT2D eigenvalue weighted by molar-refractivity contribution is -0.157. The van der Waals surface area contributed by atoms with Crippen molar-refractivity contribution in [2.45, 2.75) is 71.8 Å². The molecule has 3 fully saturated rings. The number of aliphatic hydroxyl groups is 1. The number of aliphatic hydroxyl groups excluding tert-OH is 1. The van der Waals surface area contributed by atoms with Gasteiger partial charge in [-0.1, -0.05) is 38.8 Å². The Hall–Kier alpha value is -1.79. The van der Waals surface area contributed by atoms with Crippen LogP contribution in [-0.4, -0.2) is 40.4 Å². The summed E-state index contributed by atoms with van der Waals surface area (Å²) >= 11 is 0. The maximum absolute atomic E-state index is 12.3. The minimum Gasteiger partial charge on any atom is -0.475 e. The van der Waals surface area contributed by atoms with Gasteiger partial charge in [-0.15, -0.1) is 0 Å². The van der Waals surface area contributed by atoms with Crippen LogP contribution in [0.2, 0.25) is 0 Å². The molecule has 7 atom stereocenters. The van der Waals surface area contributed by atoms with Crippen LogP contribution in [0.4, 0.5) is 0 Å². The number of aliphatic carboxylic acids is 1. The zero-order valence-corrected chi connectivity index (χ0v) is 19.0. The van der Waals surface area contributed by atoms with E-state index < -0.39 is 29.2 Å². The molecular formula is C25H37NO5. The quantitative estimate of drug-likeness (QED) is 0.588. The first kappa shape index (κ1) is 23.9. The molecule has 3 saturated carbocycles. The van der Waals surface area contributed by atoms with Gasteiger partial charge in [0.15, 0.2) is 5.78 Å². The number of fused-ring (bicyclic) bond motifs is 5. The van der Waals surface area contributed by atoms with Crippen molar-refractivity contribution < 1.29 is 24.6 Å². The van der Waals surface area contributed by atoms with E-state index in [9.17, 15) is 24.6 Å². The fourth-order valence-electron chi connectivity index (χ4n) is 7.11. The second-order valence-electron chi connectivity index (χ2n) is 10.2. The lowest BCUT2D eigenvalue weighted by Crippen LogP contribution is -2.56. The zero-order chi connectivity index (χ0) is 23.0. The first-order valence-corrected chi connectivity index (χ1v) is 11.7. The predicted molar refractivity (Wildman–Crippen MR) is 118 cm³/mol. The van der Waals surface area contributed by atoms with Crippen molar-refractivity contribution in [3.05, 3.63) is 23.8 Å². The molecule has 0 heterocycles. The predicted octanol–water partition coefficient (Wildman–Crippen LogP) is 3.28. The summed E-state index contributed by atoms with van der Waals surface area (Å²) < 4.78 is 0. The molecule has 4 rings (SSSR count). The van der Waals surface area contributed by atoms with Crippen LogP contribution < -0.4 is 5.73 Å². The number of Topliss-reactive ketones (excluding diaryl/α,β-unsaturated/α-hetero) is 1. The van der Waals surface area contributed by atoms with Gasteiger partial charge in [-0.05, 0) is 74.5 Å². The van der Waals surface area contributed by atoms with Gasteiger partial charge >= 0.3 is 5.97 Å². The Morgan fingerprint density at radius 2 is 1.94 bits per heavy atom. The third kappa shape index (κ3) is 4.05. The number of carboxylic acids is 1. The summed E-state index contributed by atoms with van der Waals surface area (Å²) in [7, 11) is 0. The molecule has 6 heteroatoms. The summed E-state index contributed by atoms with van der Waals surface area (Å²) in [6.07, 6.45) is 10.7. The van der Waals surface area contributed by atoms with E-state index in [0.29, 0.717) is 12.8 Å². The van der Waals surface area contributed by atoms with Crippen LogP contribution in [0.15, 0.2) is 23.8 Å². The lowest BCUT2D eigenvalue weighted by Gasteiger charge is -2.58. The van der Waals surface area contributed by atoms with E-state index in [1.807, 2.05) is 13.0 Å². The van der Waals surface area contributed by atoms with Crippen molar-refractivity contribution in [3.8, 4) is 0 Å². The molecule has 0 aromatic heterocycles. The summed E-state index contributed by atoms with van der Waals surface area (Å²) in [4.78, 5) is 35.3. The molecule has 0 spiro atoms. The molecule has 0 bridgehead atoms. The number of carbonyl (C=O) groups excluding carboxylic acids is 2. The number of hydrogen-bond donors (Lipinski definition) is 3. The number of rotatable bonds is 4. The lowest BCUT2D eigenvalue weighted by atomic mass is 9.46. The molecule has 6 nitrogen and oxygen atoms in total. The minimum atomic E-state index is -1.36. The van der Waals surface area contributed by atoms with Crippen molar-refractivity contribution in [2.75, 3.05) is 6.54 Å². The van der Waals surface area contributed by atoms with Gasteiger partial charge in [0.2, 0.25) is 5.78 Å². The van der Waals surface area contributed by atoms with Gasteiger partial charge in [0.25, 0.3) is 0 Å². The normalized spacial score (nSPS) is 40.6. The number of carboxylic acid groups (broad SMARTS) is 1. The molecule has 0 aromatic carbocycles. The Kier molecular flexibility index (Phi) is 6.92. The van der Waals surface area contributed by atoms with Gasteiger partial charge < -0.3 is 15.9 Å². The van der Waals surface area contributed by atoms with E-state index in [4.69, 9.17) is 5.73 Å². The zero-order valence-electron chi connectivity index (χ0n) is 19.0. The SMILES string of the molecule is CCCCN.C[C@]12C[C@H](O)[C@H]3[C@@H](CCC4=CC(=O)C=C[C@@]43C)[C@@H]1CC[C@@H]2C(=O)C(=O)O. The van der Waals surface area contributed by atoms with Crippen molar-refractivity contribution in [1.82, 2.24) is 0 Å². The minimum absolute atomic E-state index is 0.0130. The van der Waals surface area contributed by atoms with Gasteiger partial charge in [0.1, 0.15) is 0 Å². The first-order valence-electron chi connectivity index (χ1n) is 11.7. The highest BCUT2D eigenvalue weighted by atomic mass is 16.4. The largest absolute Gasteiger partial charge is 0.475 e. The molecule has 0 saturated heterocycles. The second-order valence-corrected chi connectivity index (χ2v) is 10.2. The number of allylic oxidation sites excluding steroid dienone is 4. The van der Waals surface area contributed by atoms with E-state index in [1.54, 1.807) is 12.2 Å². The molecule has 4 N–H and O–H groups in total. The fourth-order valence-corrected chi connectivity index (χ4v) is 7.11. The Morgan fingerprint density at radius 1 is 1.23 bits per heavy atom. The van der Waals surface area contributed by atoms with Crippen LogP contribution in [0.3, 0.4) is 0 Å². The average molecular weight is 432 g/mol. The monoisotopic (exact) mass is 431 g/mol. The Morgan fingerprint density at radius 3 is 2.52 bits per heavy atom. The van der Waals surface area contributed by atoms with E-state index in [-0.39, 0.29) is 29.0 Å². The summed E-state index contributed by atoms with van der Waals surface area (Å²) in [5.41, 5.74) is 5.46. The second kappa shape index (κ2) is 8.99. The van der Waals surface area contributed by atoms with Crippen molar-refractivity contribution in [3.63, 3.8) is 0 Å². The molecule has 4 aliphatic carbocycles. The van der Waals surface area contributed by atoms with Crippen molar-refractivity contribution in [1.29, 1.82) is 0 Å². The van der Waals surface area contributed by atoms with Crippen LogP contribution in [0.5, 0.6) is 0 Å².